The van der Waals surface area contributed by atoms with E-state index in [1.54, 1.807) is 0 Å². The minimum atomic E-state index is -1.04. The van der Waals surface area contributed by atoms with Crippen molar-refractivity contribution < 1.29 is 9.47 Å². The molecular weight excluding hydrogens is 294 g/mol. The number of nitrogens with one attached hydrogen (secondary N) is 1. The highest BCUT2D eigenvalue weighted by Crippen LogP contribution is 2.30. The number of aromatic nitrogens is 2. The average Bonchev–Trinajstić information content (AvgIpc) is 2.82. The van der Waals surface area contributed by atoms with E-state index in [4.69, 9.17) is 9.47 Å². The highest BCUT2D eigenvalue weighted by atomic mass is 28.3. The van der Waals surface area contributed by atoms with Gasteiger partial charge in [0.1, 0.15) is 18.5 Å². The Morgan fingerprint density at radius 2 is 2.27 bits per heavy atom. The monoisotopic (exact) mass is 319 g/mol. The molecule has 3 heterocycles. The van der Waals surface area contributed by atoms with Crippen molar-refractivity contribution in [3.05, 3.63) is 18.3 Å². The standard InChI is InChI=1S/C16H25N3O2Si/c1-12-10-17-14-9-13-5-6-19(15(13)18-16(14)21-12)11-20-7-8-22(2,3)4/h5-6,9,12,17H,7-8,10-11H2,1-4H3/t12-/m1/s1. The molecular formula is C16H25N3O2Si. The van der Waals surface area contributed by atoms with E-state index in [-0.39, 0.29) is 6.10 Å². The fraction of sp³-hybridized carbons (Fsp3) is 0.562. The maximum absolute atomic E-state index is 5.83. The third-order valence-corrected chi connectivity index (χ3v) is 5.53. The molecule has 0 aliphatic carbocycles. The van der Waals surface area contributed by atoms with Crippen LogP contribution in [0.4, 0.5) is 5.69 Å². The van der Waals surface area contributed by atoms with Crippen LogP contribution in [0.25, 0.3) is 11.0 Å². The lowest BCUT2D eigenvalue weighted by Crippen LogP contribution is -2.28. The van der Waals surface area contributed by atoms with Crippen LogP contribution in [-0.4, -0.2) is 36.9 Å². The second kappa shape index (κ2) is 5.93. The second-order valence-electron chi connectivity index (χ2n) is 7.20. The van der Waals surface area contributed by atoms with Gasteiger partial charge in [-0.25, -0.2) is 0 Å². The van der Waals surface area contributed by atoms with Crippen molar-refractivity contribution >= 4 is 24.8 Å². The third-order valence-electron chi connectivity index (χ3n) is 3.82. The highest BCUT2D eigenvalue weighted by molar-refractivity contribution is 6.76. The van der Waals surface area contributed by atoms with Gasteiger partial charge < -0.3 is 19.4 Å². The van der Waals surface area contributed by atoms with Gasteiger partial charge in [-0.3, -0.25) is 0 Å². The molecule has 0 amide bonds. The van der Waals surface area contributed by atoms with E-state index >= 15 is 0 Å². The number of nitrogens with zero attached hydrogens (tertiary/aromatic N) is 2. The zero-order valence-corrected chi connectivity index (χ0v) is 14.8. The van der Waals surface area contributed by atoms with Crippen molar-refractivity contribution in [2.45, 2.75) is 45.4 Å². The second-order valence-corrected chi connectivity index (χ2v) is 12.8. The summed E-state index contributed by atoms with van der Waals surface area (Å²) >= 11 is 0. The van der Waals surface area contributed by atoms with Gasteiger partial charge in [-0.15, -0.1) is 0 Å². The summed E-state index contributed by atoms with van der Waals surface area (Å²) in [5, 5.41) is 4.47. The summed E-state index contributed by atoms with van der Waals surface area (Å²) < 4.78 is 13.7. The Bertz CT molecular complexity index is 663. The van der Waals surface area contributed by atoms with Crippen molar-refractivity contribution in [1.82, 2.24) is 9.55 Å². The van der Waals surface area contributed by atoms with Crippen LogP contribution in [0.5, 0.6) is 5.88 Å². The Balaban J connectivity index is 1.73. The molecule has 0 radical (unpaired) electrons. The molecule has 0 saturated heterocycles. The van der Waals surface area contributed by atoms with Crippen molar-refractivity contribution in [3.63, 3.8) is 0 Å². The summed E-state index contributed by atoms with van der Waals surface area (Å²) in [7, 11) is -1.04. The Morgan fingerprint density at radius 1 is 1.45 bits per heavy atom. The topological polar surface area (TPSA) is 48.3 Å². The Hall–Kier alpha value is -1.53. The zero-order valence-electron chi connectivity index (χ0n) is 13.8. The van der Waals surface area contributed by atoms with Crippen LogP contribution in [0.3, 0.4) is 0 Å². The van der Waals surface area contributed by atoms with Crippen LogP contribution in [0.2, 0.25) is 25.7 Å². The normalized spacial score (nSPS) is 17.9. The van der Waals surface area contributed by atoms with Crippen LogP contribution in [-0.2, 0) is 11.5 Å². The van der Waals surface area contributed by atoms with Crippen molar-refractivity contribution in [2.24, 2.45) is 0 Å². The van der Waals surface area contributed by atoms with Gasteiger partial charge in [-0.05, 0) is 25.1 Å². The molecule has 0 aromatic carbocycles. The predicted molar refractivity (Wildman–Crippen MR) is 92.4 cm³/mol. The van der Waals surface area contributed by atoms with Gasteiger partial charge in [-0.1, -0.05) is 19.6 Å². The van der Waals surface area contributed by atoms with Gasteiger partial charge in [0, 0.05) is 26.3 Å². The maximum Gasteiger partial charge on any atom is 0.239 e. The predicted octanol–water partition coefficient (Wildman–Crippen LogP) is 3.54. The quantitative estimate of drug-likeness (QED) is 0.676. The minimum absolute atomic E-state index is 0.147. The number of anilines is 1. The lowest BCUT2D eigenvalue weighted by atomic mass is 10.2. The number of hydrogen-bond donors (Lipinski definition) is 1. The largest absolute Gasteiger partial charge is 0.471 e. The summed E-state index contributed by atoms with van der Waals surface area (Å²) in [6, 6.07) is 5.35. The molecule has 1 atom stereocenters. The molecule has 0 spiro atoms. The molecule has 120 valence electrons. The van der Waals surface area contributed by atoms with E-state index in [0.717, 1.165) is 29.9 Å². The summed E-state index contributed by atoms with van der Waals surface area (Å²) in [5.74, 6) is 0.688. The molecule has 0 fully saturated rings. The molecule has 5 nitrogen and oxygen atoms in total. The SMILES string of the molecule is C[C@@H]1CNc2cc3ccn(COCC[Si](C)(C)C)c3nc2O1. The van der Waals surface area contributed by atoms with Gasteiger partial charge in [0.15, 0.2) is 0 Å². The van der Waals surface area contributed by atoms with E-state index in [9.17, 15) is 0 Å². The van der Waals surface area contributed by atoms with Gasteiger partial charge in [0.25, 0.3) is 0 Å². The van der Waals surface area contributed by atoms with Crippen LogP contribution in [0.15, 0.2) is 18.3 Å². The first-order chi connectivity index (χ1) is 10.4. The number of hydrogen-bond acceptors (Lipinski definition) is 4. The Labute approximate surface area is 132 Å². The molecule has 2 aromatic rings. The zero-order chi connectivity index (χ0) is 15.7. The van der Waals surface area contributed by atoms with Gasteiger partial charge >= 0.3 is 0 Å². The van der Waals surface area contributed by atoms with Gasteiger partial charge in [-0.2, -0.15) is 4.98 Å². The summed E-state index contributed by atoms with van der Waals surface area (Å²) in [6.45, 7) is 11.3. The van der Waals surface area contributed by atoms with Crippen molar-refractivity contribution in [3.8, 4) is 5.88 Å². The van der Waals surface area contributed by atoms with E-state index in [0.29, 0.717) is 12.6 Å². The Kier molecular flexibility index (Phi) is 4.14. The van der Waals surface area contributed by atoms with E-state index in [2.05, 4.69) is 42.1 Å². The summed E-state index contributed by atoms with van der Waals surface area (Å²) in [4.78, 5) is 4.66. The fourth-order valence-corrected chi connectivity index (χ4v) is 3.20. The summed E-state index contributed by atoms with van der Waals surface area (Å²) in [6.07, 6.45) is 2.18. The number of ether oxygens (including phenoxy) is 2. The lowest BCUT2D eigenvalue weighted by molar-refractivity contribution is 0.0898. The smallest absolute Gasteiger partial charge is 0.239 e. The van der Waals surface area contributed by atoms with E-state index in [1.165, 1.54) is 6.04 Å². The van der Waals surface area contributed by atoms with Crippen LogP contribution < -0.4 is 10.1 Å². The van der Waals surface area contributed by atoms with E-state index in [1.807, 2.05) is 17.7 Å². The summed E-state index contributed by atoms with van der Waals surface area (Å²) in [5.41, 5.74) is 1.89. The molecule has 0 saturated carbocycles. The molecule has 2 aromatic heterocycles. The molecule has 1 aliphatic rings. The number of rotatable bonds is 5. The van der Waals surface area contributed by atoms with Crippen LogP contribution in [0.1, 0.15) is 6.92 Å². The first-order valence-corrected chi connectivity index (χ1v) is 11.6. The highest BCUT2D eigenvalue weighted by Gasteiger charge is 2.19. The molecule has 1 N–H and O–H groups in total. The van der Waals surface area contributed by atoms with Crippen molar-refractivity contribution in [2.75, 3.05) is 18.5 Å². The van der Waals surface area contributed by atoms with Crippen LogP contribution in [0, 0.1) is 0 Å². The lowest BCUT2D eigenvalue weighted by Gasteiger charge is -2.23. The molecule has 3 rings (SSSR count). The van der Waals surface area contributed by atoms with Gasteiger partial charge in [0.05, 0.1) is 12.2 Å². The van der Waals surface area contributed by atoms with Crippen LogP contribution >= 0.6 is 0 Å². The molecule has 22 heavy (non-hydrogen) atoms. The molecule has 6 heteroatoms. The first kappa shape index (κ1) is 15.4. The number of pyridine rings is 1. The molecule has 0 bridgehead atoms. The Morgan fingerprint density at radius 3 is 3.05 bits per heavy atom. The minimum Gasteiger partial charge on any atom is -0.471 e. The molecule has 0 unspecified atom stereocenters. The fourth-order valence-electron chi connectivity index (χ4n) is 2.44. The average molecular weight is 319 g/mol. The maximum atomic E-state index is 5.83. The van der Waals surface area contributed by atoms with E-state index < -0.39 is 8.07 Å². The van der Waals surface area contributed by atoms with Gasteiger partial charge in [0.2, 0.25) is 5.88 Å². The number of fused-ring (bicyclic) bond motifs is 2. The molecule has 1 aliphatic heterocycles. The first-order valence-electron chi connectivity index (χ1n) is 7.90. The third kappa shape index (κ3) is 3.44. The van der Waals surface area contributed by atoms with Crippen molar-refractivity contribution in [1.29, 1.82) is 0 Å².